The van der Waals surface area contributed by atoms with Gasteiger partial charge >= 0.3 is 0 Å². The first kappa shape index (κ1) is 10.8. The lowest BCUT2D eigenvalue weighted by molar-refractivity contribution is -0.290. The zero-order chi connectivity index (χ0) is 10.0. The van der Waals surface area contributed by atoms with Crippen LogP contribution in [0.25, 0.3) is 0 Å². The maximum atomic E-state index is 9.44. The molecule has 4 N–H and O–H groups in total. The first-order chi connectivity index (χ1) is 6.11. The van der Waals surface area contributed by atoms with Crippen molar-refractivity contribution in [1.82, 2.24) is 0 Å². The normalized spacial score (nSPS) is 46.4. The van der Waals surface area contributed by atoms with Crippen molar-refractivity contribution in [1.29, 1.82) is 0 Å². The minimum absolute atomic E-state index is 0.440. The topological polar surface area (TPSA) is 99.4 Å². The minimum atomic E-state index is -1.44. The molecule has 1 aliphatic rings. The van der Waals surface area contributed by atoms with E-state index in [0.717, 1.165) is 0 Å². The molecule has 1 fully saturated rings. The highest BCUT2D eigenvalue weighted by atomic mass is 16.6. The lowest BCUT2D eigenvalue weighted by Crippen LogP contribution is -2.59. The van der Waals surface area contributed by atoms with Crippen LogP contribution in [-0.4, -0.2) is 64.8 Å². The van der Waals surface area contributed by atoms with Gasteiger partial charge in [-0.3, -0.25) is 0 Å². The third-order valence-corrected chi connectivity index (χ3v) is 2.11. The van der Waals surface area contributed by atoms with E-state index in [1.165, 1.54) is 7.11 Å². The number of aliphatic hydroxyl groups excluding tert-OH is 4. The maximum Gasteiger partial charge on any atom is 0.184 e. The van der Waals surface area contributed by atoms with Crippen LogP contribution in [0.2, 0.25) is 0 Å². The van der Waals surface area contributed by atoms with Gasteiger partial charge in [-0.1, -0.05) is 0 Å². The summed E-state index contributed by atoms with van der Waals surface area (Å²) in [5, 5.41) is 36.6. The number of aliphatic hydroxyl groups is 4. The molecule has 0 spiro atoms. The Labute approximate surface area is 75.3 Å². The largest absolute Gasteiger partial charge is 0.394 e. The van der Waals surface area contributed by atoms with Crippen molar-refractivity contribution in [2.45, 2.75) is 30.7 Å². The molecule has 0 aromatic heterocycles. The molecule has 5 atom stereocenters. The summed E-state index contributed by atoms with van der Waals surface area (Å²) < 4.78 is 9.48. The summed E-state index contributed by atoms with van der Waals surface area (Å²) in [6, 6.07) is 0. The number of hydrogen-bond acceptors (Lipinski definition) is 6. The van der Waals surface area contributed by atoms with E-state index in [1.54, 1.807) is 0 Å². The minimum Gasteiger partial charge on any atom is -0.394 e. The van der Waals surface area contributed by atoms with Gasteiger partial charge in [-0.25, -0.2) is 0 Å². The van der Waals surface area contributed by atoms with Crippen LogP contribution in [0.5, 0.6) is 0 Å². The molecule has 0 bridgehead atoms. The number of rotatable bonds is 2. The molecule has 4 unspecified atom stereocenters. The van der Waals surface area contributed by atoms with Crippen molar-refractivity contribution in [3.63, 3.8) is 0 Å². The van der Waals surface area contributed by atoms with Crippen LogP contribution < -0.4 is 0 Å². The highest BCUT2D eigenvalue weighted by Gasteiger charge is 2.43. The molecular formula is C7H14O6. The number of ether oxygens (including phenoxy) is 2. The first-order valence-electron chi connectivity index (χ1n) is 3.95. The van der Waals surface area contributed by atoms with Crippen LogP contribution in [-0.2, 0) is 9.47 Å². The molecule has 1 saturated heterocycles. The Bertz CT molecular complexity index is 163. The third kappa shape index (κ3) is 1.98. The van der Waals surface area contributed by atoms with Gasteiger partial charge in [0.05, 0.1) is 6.61 Å². The Kier molecular flexibility index (Phi) is 3.60. The second-order valence-corrected chi connectivity index (χ2v) is 2.93. The predicted octanol–water partition coefficient (Wildman–Crippen LogP) is -2.57. The van der Waals surface area contributed by atoms with Crippen molar-refractivity contribution in [3.05, 3.63) is 0 Å². The Morgan fingerprint density at radius 2 is 1.85 bits per heavy atom. The molecule has 78 valence electrons. The molecule has 13 heavy (non-hydrogen) atoms. The van der Waals surface area contributed by atoms with Gasteiger partial charge in [0.1, 0.15) is 24.4 Å². The fourth-order valence-corrected chi connectivity index (χ4v) is 1.35. The Hall–Kier alpha value is -0.240. The smallest absolute Gasteiger partial charge is 0.184 e. The summed E-state index contributed by atoms with van der Waals surface area (Å²) in [4.78, 5) is 0. The monoisotopic (exact) mass is 194 g/mol. The first-order valence-corrected chi connectivity index (χ1v) is 3.95. The van der Waals surface area contributed by atoms with Gasteiger partial charge in [-0.2, -0.15) is 0 Å². The Balaban J connectivity index is 2.69. The van der Waals surface area contributed by atoms with E-state index in [9.17, 15) is 10.2 Å². The van der Waals surface area contributed by atoms with Crippen LogP contribution in [0.3, 0.4) is 0 Å². The van der Waals surface area contributed by atoms with Crippen molar-refractivity contribution in [3.8, 4) is 0 Å². The van der Waals surface area contributed by atoms with E-state index in [0.29, 0.717) is 0 Å². The van der Waals surface area contributed by atoms with Gasteiger partial charge in [-0.15, -0.1) is 0 Å². The summed E-state index contributed by atoms with van der Waals surface area (Å²) in [6.07, 6.45) is -5.76. The van der Waals surface area contributed by atoms with Gasteiger partial charge in [0.2, 0.25) is 0 Å². The molecule has 0 aromatic rings. The fourth-order valence-electron chi connectivity index (χ4n) is 1.35. The SMILES string of the molecule is CO[C@@H]1C(O)C(O)OC(CO)C1O. The fraction of sp³-hybridized carbons (Fsp3) is 1.00. The van der Waals surface area contributed by atoms with Gasteiger partial charge in [0.15, 0.2) is 6.29 Å². The Morgan fingerprint density at radius 3 is 2.31 bits per heavy atom. The number of hydrogen-bond donors (Lipinski definition) is 4. The van der Waals surface area contributed by atoms with Gasteiger partial charge in [0, 0.05) is 7.11 Å². The lowest BCUT2D eigenvalue weighted by Gasteiger charge is -2.39. The zero-order valence-corrected chi connectivity index (χ0v) is 7.20. The van der Waals surface area contributed by atoms with Gasteiger partial charge < -0.3 is 29.9 Å². The molecule has 6 heteroatoms. The molecule has 0 amide bonds. The molecule has 1 rings (SSSR count). The summed E-state index contributed by atoms with van der Waals surface area (Å²) >= 11 is 0. The number of methoxy groups -OCH3 is 1. The summed E-state index contributed by atoms with van der Waals surface area (Å²) in [5.74, 6) is 0. The molecule has 0 radical (unpaired) electrons. The highest BCUT2D eigenvalue weighted by Crippen LogP contribution is 2.21. The van der Waals surface area contributed by atoms with Crippen molar-refractivity contribution >= 4 is 0 Å². The molecule has 0 aromatic carbocycles. The molecule has 0 aliphatic carbocycles. The standard InChI is InChI=1S/C7H14O6/c1-12-6-4(9)3(2-8)13-7(11)5(6)10/h3-11H,2H2,1H3/t3?,4?,5?,6-,7?/m0/s1. The van der Waals surface area contributed by atoms with E-state index in [4.69, 9.17) is 19.7 Å². The van der Waals surface area contributed by atoms with E-state index in [-0.39, 0.29) is 0 Å². The average molecular weight is 194 g/mol. The highest BCUT2D eigenvalue weighted by molar-refractivity contribution is 4.89. The van der Waals surface area contributed by atoms with Crippen LogP contribution in [0.15, 0.2) is 0 Å². The average Bonchev–Trinajstić information content (AvgIpc) is 2.12. The summed E-state index contributed by atoms with van der Waals surface area (Å²) in [7, 11) is 1.30. The van der Waals surface area contributed by atoms with Crippen LogP contribution in [0, 0.1) is 0 Å². The van der Waals surface area contributed by atoms with Crippen LogP contribution in [0.4, 0.5) is 0 Å². The molecule has 6 nitrogen and oxygen atoms in total. The summed E-state index contributed by atoms with van der Waals surface area (Å²) in [5.41, 5.74) is 0. The van der Waals surface area contributed by atoms with E-state index < -0.39 is 37.3 Å². The molecular weight excluding hydrogens is 180 g/mol. The quantitative estimate of drug-likeness (QED) is 0.386. The lowest BCUT2D eigenvalue weighted by atomic mass is 9.99. The Morgan fingerprint density at radius 1 is 1.23 bits per heavy atom. The molecule has 1 aliphatic heterocycles. The van der Waals surface area contributed by atoms with Gasteiger partial charge in [-0.05, 0) is 0 Å². The van der Waals surface area contributed by atoms with Gasteiger partial charge in [0.25, 0.3) is 0 Å². The predicted molar refractivity (Wildman–Crippen MR) is 40.8 cm³/mol. The van der Waals surface area contributed by atoms with Crippen molar-refractivity contribution in [2.24, 2.45) is 0 Å². The van der Waals surface area contributed by atoms with Crippen LogP contribution >= 0.6 is 0 Å². The zero-order valence-electron chi connectivity index (χ0n) is 7.20. The third-order valence-electron chi connectivity index (χ3n) is 2.11. The van der Waals surface area contributed by atoms with Crippen molar-refractivity contribution in [2.75, 3.05) is 13.7 Å². The van der Waals surface area contributed by atoms with Crippen molar-refractivity contribution < 1.29 is 29.9 Å². The van der Waals surface area contributed by atoms with E-state index >= 15 is 0 Å². The summed E-state index contributed by atoms with van der Waals surface area (Å²) in [6.45, 7) is -0.440. The molecule has 0 saturated carbocycles. The van der Waals surface area contributed by atoms with E-state index in [2.05, 4.69) is 0 Å². The molecule has 1 heterocycles. The second kappa shape index (κ2) is 4.32. The van der Waals surface area contributed by atoms with E-state index in [1.807, 2.05) is 0 Å². The second-order valence-electron chi connectivity index (χ2n) is 2.93. The maximum absolute atomic E-state index is 9.44. The van der Waals surface area contributed by atoms with Crippen LogP contribution in [0.1, 0.15) is 0 Å².